The lowest BCUT2D eigenvalue weighted by molar-refractivity contribution is 0.961. The van der Waals surface area contributed by atoms with Gasteiger partial charge in [-0.1, -0.05) is 84.9 Å². The molecule has 0 aliphatic heterocycles. The van der Waals surface area contributed by atoms with Gasteiger partial charge in [-0.05, 0) is 57.0 Å². The van der Waals surface area contributed by atoms with Crippen molar-refractivity contribution in [3.63, 3.8) is 0 Å². The van der Waals surface area contributed by atoms with Gasteiger partial charge < -0.3 is 0 Å². The number of benzene rings is 4. The van der Waals surface area contributed by atoms with Gasteiger partial charge in [-0.2, -0.15) is 0 Å². The third kappa shape index (κ3) is 2.15. The first-order chi connectivity index (χ1) is 11.9. The number of hydrogen-bond donors (Lipinski definition) is 0. The van der Waals surface area contributed by atoms with Crippen molar-refractivity contribution in [2.75, 3.05) is 0 Å². The highest BCUT2D eigenvalue weighted by molar-refractivity contribution is 6.06. The smallest absolute Gasteiger partial charge is 0.00268 e. The molecular formula is C24H18. The molecule has 0 radical (unpaired) electrons. The van der Waals surface area contributed by atoms with E-state index in [0.717, 1.165) is 12.8 Å². The van der Waals surface area contributed by atoms with E-state index in [0.29, 0.717) is 0 Å². The van der Waals surface area contributed by atoms with Crippen molar-refractivity contribution in [2.24, 2.45) is 0 Å². The van der Waals surface area contributed by atoms with E-state index in [2.05, 4.69) is 84.9 Å². The van der Waals surface area contributed by atoms with Crippen LogP contribution in [0.25, 0.3) is 33.0 Å². The van der Waals surface area contributed by atoms with Gasteiger partial charge in [0.15, 0.2) is 0 Å². The molecule has 8 rings (SSSR count). The zero-order valence-electron chi connectivity index (χ0n) is 13.5. The van der Waals surface area contributed by atoms with Gasteiger partial charge in [0.1, 0.15) is 0 Å². The molecule has 0 spiro atoms. The van der Waals surface area contributed by atoms with Crippen LogP contribution in [0.3, 0.4) is 0 Å². The highest BCUT2D eigenvalue weighted by Crippen LogP contribution is 2.37. The van der Waals surface area contributed by atoms with E-state index in [1.165, 1.54) is 44.2 Å². The van der Waals surface area contributed by atoms with Crippen molar-refractivity contribution in [1.29, 1.82) is 0 Å². The van der Waals surface area contributed by atoms with Crippen molar-refractivity contribution in [3.05, 3.63) is 96.1 Å². The summed E-state index contributed by atoms with van der Waals surface area (Å²) in [6.07, 6.45) is 2.19. The van der Waals surface area contributed by atoms with Gasteiger partial charge in [-0.3, -0.25) is 0 Å². The van der Waals surface area contributed by atoms with Gasteiger partial charge in [0.25, 0.3) is 0 Å². The summed E-state index contributed by atoms with van der Waals surface area (Å²) in [6, 6.07) is 31.5. The molecule has 0 atom stereocenters. The van der Waals surface area contributed by atoms with E-state index < -0.39 is 0 Å². The van der Waals surface area contributed by atoms with Crippen LogP contribution in [0.4, 0.5) is 0 Å². The molecule has 0 N–H and O–H groups in total. The Hall–Kier alpha value is -2.86. The Kier molecular flexibility index (Phi) is 3.02. The van der Waals surface area contributed by atoms with Crippen molar-refractivity contribution < 1.29 is 0 Å². The first kappa shape index (κ1) is 13.6. The molecule has 0 amide bonds. The first-order valence-corrected chi connectivity index (χ1v) is 8.59. The minimum absolute atomic E-state index is 1.09. The SMILES string of the molecule is c1cc2c3c(cccc3c1)-c1ccc(cc1)CCc1ccc-2cc1. The average Bonchev–Trinajstić information content (AvgIpc) is 2.68. The Labute approximate surface area is 142 Å². The lowest BCUT2D eigenvalue weighted by Gasteiger charge is -2.12. The Morgan fingerprint density at radius 2 is 0.917 bits per heavy atom. The van der Waals surface area contributed by atoms with Crippen LogP contribution in [0.1, 0.15) is 11.1 Å². The summed E-state index contributed by atoms with van der Waals surface area (Å²) in [7, 11) is 0. The lowest BCUT2D eigenvalue weighted by atomic mass is 9.91. The quantitative estimate of drug-likeness (QED) is 0.359. The van der Waals surface area contributed by atoms with E-state index in [1.54, 1.807) is 0 Å². The van der Waals surface area contributed by atoms with Gasteiger partial charge in [0, 0.05) is 0 Å². The van der Waals surface area contributed by atoms with Crippen LogP contribution in [0.5, 0.6) is 0 Å². The highest BCUT2D eigenvalue weighted by atomic mass is 14.1. The van der Waals surface area contributed by atoms with E-state index in [1.807, 2.05) is 0 Å². The van der Waals surface area contributed by atoms with E-state index in [9.17, 15) is 0 Å². The van der Waals surface area contributed by atoms with E-state index in [4.69, 9.17) is 0 Å². The molecule has 4 bridgehead atoms. The molecule has 0 heterocycles. The summed E-state index contributed by atoms with van der Waals surface area (Å²) in [5, 5.41) is 2.65. The molecule has 114 valence electrons. The van der Waals surface area contributed by atoms with Crippen LogP contribution in [0, 0.1) is 0 Å². The molecule has 0 aromatic heterocycles. The Morgan fingerprint density at radius 1 is 0.458 bits per heavy atom. The molecule has 0 fully saturated rings. The maximum Gasteiger partial charge on any atom is -0.00268 e. The maximum absolute atomic E-state index is 2.28. The third-order valence-electron chi connectivity index (χ3n) is 5.14. The summed E-state index contributed by atoms with van der Waals surface area (Å²) in [5.41, 5.74) is 8.04. The molecule has 4 aromatic carbocycles. The van der Waals surface area contributed by atoms with Gasteiger partial charge in [0.2, 0.25) is 0 Å². The van der Waals surface area contributed by atoms with Crippen molar-refractivity contribution in [3.8, 4) is 22.3 Å². The zero-order valence-corrected chi connectivity index (χ0v) is 13.5. The van der Waals surface area contributed by atoms with Crippen molar-refractivity contribution in [1.82, 2.24) is 0 Å². The largest absolute Gasteiger partial charge is 0.0610 e. The minimum Gasteiger partial charge on any atom is -0.0610 e. The predicted molar refractivity (Wildman–Crippen MR) is 102 cm³/mol. The lowest BCUT2D eigenvalue weighted by Crippen LogP contribution is -1.91. The molecule has 0 saturated heterocycles. The molecule has 4 aliphatic rings. The Morgan fingerprint density at radius 3 is 1.38 bits per heavy atom. The van der Waals surface area contributed by atoms with Crippen LogP contribution in [0.15, 0.2) is 84.9 Å². The summed E-state index contributed by atoms with van der Waals surface area (Å²) >= 11 is 0. The summed E-state index contributed by atoms with van der Waals surface area (Å²) in [6.45, 7) is 0. The fourth-order valence-corrected chi connectivity index (χ4v) is 3.81. The second-order valence-corrected chi connectivity index (χ2v) is 6.60. The first-order valence-electron chi connectivity index (χ1n) is 8.59. The van der Waals surface area contributed by atoms with Crippen LogP contribution >= 0.6 is 0 Å². The molecule has 24 heavy (non-hydrogen) atoms. The maximum atomic E-state index is 2.28. The Balaban J connectivity index is 1.92. The van der Waals surface area contributed by atoms with Crippen LogP contribution in [-0.2, 0) is 12.8 Å². The zero-order chi connectivity index (χ0) is 15.9. The standard InChI is InChI=1S/C24H18/c1-3-21-4-2-6-23-20-15-11-18(12-16-20)8-7-17-9-13-19(14-10-17)22(5-1)24(21)23/h1-6,9-16H,7-8H2. The van der Waals surface area contributed by atoms with Crippen molar-refractivity contribution >= 4 is 10.8 Å². The fourth-order valence-electron chi connectivity index (χ4n) is 3.81. The highest BCUT2D eigenvalue weighted by Gasteiger charge is 2.11. The predicted octanol–water partition coefficient (Wildman–Crippen LogP) is 6.27. The molecule has 0 unspecified atom stereocenters. The second kappa shape index (κ2) is 5.35. The van der Waals surface area contributed by atoms with Crippen molar-refractivity contribution in [2.45, 2.75) is 12.8 Å². The normalized spacial score (nSPS) is 12.7. The van der Waals surface area contributed by atoms with E-state index in [-0.39, 0.29) is 0 Å². The molecule has 0 saturated carbocycles. The molecule has 4 aromatic rings. The molecule has 4 aliphatic carbocycles. The molecular weight excluding hydrogens is 288 g/mol. The third-order valence-corrected chi connectivity index (χ3v) is 5.14. The molecule has 0 nitrogen and oxygen atoms in total. The topological polar surface area (TPSA) is 0 Å². The summed E-state index contributed by atoms with van der Waals surface area (Å²) < 4.78 is 0. The monoisotopic (exact) mass is 306 g/mol. The van der Waals surface area contributed by atoms with Crippen LogP contribution in [-0.4, -0.2) is 0 Å². The summed E-state index contributed by atoms with van der Waals surface area (Å²) in [5.74, 6) is 0. The van der Waals surface area contributed by atoms with Crippen LogP contribution in [0.2, 0.25) is 0 Å². The van der Waals surface area contributed by atoms with Gasteiger partial charge in [0.05, 0.1) is 0 Å². The van der Waals surface area contributed by atoms with E-state index >= 15 is 0 Å². The fraction of sp³-hybridized carbons (Fsp3) is 0.0833. The van der Waals surface area contributed by atoms with Crippen LogP contribution < -0.4 is 0 Å². The number of hydrogen-bond acceptors (Lipinski definition) is 0. The Bertz CT molecular complexity index is 940. The number of rotatable bonds is 0. The summed E-state index contributed by atoms with van der Waals surface area (Å²) in [4.78, 5) is 0. The molecule has 0 heteroatoms. The minimum atomic E-state index is 1.09. The van der Waals surface area contributed by atoms with Gasteiger partial charge in [-0.15, -0.1) is 0 Å². The van der Waals surface area contributed by atoms with Gasteiger partial charge >= 0.3 is 0 Å². The second-order valence-electron chi connectivity index (χ2n) is 6.60. The average molecular weight is 306 g/mol. The van der Waals surface area contributed by atoms with Gasteiger partial charge in [-0.25, -0.2) is 0 Å². The number of aryl methyl sites for hydroxylation is 2.